The van der Waals surface area contributed by atoms with E-state index >= 15 is 4.39 Å². The number of carbonyl (C=O) groups is 2. The molecule has 1 saturated heterocycles. The molecular formula is C24H24ClF3N6O3S. The van der Waals surface area contributed by atoms with Crippen molar-refractivity contribution < 1.29 is 27.5 Å². The van der Waals surface area contributed by atoms with Gasteiger partial charge in [0.2, 0.25) is 5.13 Å². The first-order valence-electron chi connectivity index (χ1n) is 11.6. The molecule has 1 fully saturated rings. The number of halogens is 4. The predicted octanol–water partition coefficient (Wildman–Crippen LogP) is 4.22. The Morgan fingerprint density at radius 1 is 1.21 bits per heavy atom. The largest absolute Gasteiger partial charge is 0.496 e. The molecule has 3 heterocycles. The van der Waals surface area contributed by atoms with E-state index in [4.69, 9.17) is 16.3 Å². The highest BCUT2D eigenvalue weighted by Gasteiger charge is 2.48. The molecule has 0 aliphatic carbocycles. The van der Waals surface area contributed by atoms with Crippen LogP contribution in [0, 0.1) is 12.7 Å². The zero-order chi connectivity index (χ0) is 27.6. The van der Waals surface area contributed by atoms with Crippen LogP contribution in [0.2, 0.25) is 5.02 Å². The first kappa shape index (κ1) is 27.7. The lowest BCUT2D eigenvalue weighted by Crippen LogP contribution is -2.52. The molecule has 4 rings (SSSR count). The van der Waals surface area contributed by atoms with Crippen LogP contribution in [0.3, 0.4) is 0 Å². The third-order valence-corrected chi connectivity index (χ3v) is 7.32. The highest BCUT2D eigenvalue weighted by atomic mass is 35.5. The van der Waals surface area contributed by atoms with E-state index in [1.54, 1.807) is 6.92 Å². The number of ether oxygens (including phenoxy) is 1. The molecule has 0 spiro atoms. The van der Waals surface area contributed by atoms with E-state index < -0.39 is 28.6 Å². The Balaban J connectivity index is 1.58. The molecule has 3 aromatic rings. The van der Waals surface area contributed by atoms with E-state index in [1.165, 1.54) is 31.5 Å². The number of nitrogens with one attached hydrogen (secondary N) is 1. The summed E-state index contributed by atoms with van der Waals surface area (Å²) in [5.74, 6) is -6.76. The third-order valence-electron chi connectivity index (χ3n) is 6.12. The number of likely N-dealkylation sites (N-methyl/N-ethyl adjacent to an activating group) is 1. The van der Waals surface area contributed by atoms with Gasteiger partial charge in [-0.25, -0.2) is 4.39 Å². The summed E-state index contributed by atoms with van der Waals surface area (Å²) >= 11 is 6.34. The number of benzene rings is 1. The molecule has 2 amide bonds. The van der Waals surface area contributed by atoms with E-state index in [1.807, 2.05) is 6.92 Å². The van der Waals surface area contributed by atoms with Gasteiger partial charge in [-0.05, 0) is 31.7 Å². The lowest BCUT2D eigenvalue weighted by atomic mass is 9.98. The second-order valence-electron chi connectivity index (χ2n) is 8.48. The number of carbonyl (C=O) groups excluding carboxylic acids is 2. The zero-order valence-electron chi connectivity index (χ0n) is 20.7. The van der Waals surface area contributed by atoms with Crippen LogP contribution in [0.5, 0.6) is 5.75 Å². The number of amides is 2. The summed E-state index contributed by atoms with van der Waals surface area (Å²) in [5, 5.41) is 8.18. The van der Waals surface area contributed by atoms with Crippen LogP contribution in [0.15, 0.2) is 24.4 Å². The van der Waals surface area contributed by atoms with Crippen molar-refractivity contribution in [1.29, 1.82) is 0 Å². The molecule has 1 aliphatic rings. The summed E-state index contributed by atoms with van der Waals surface area (Å²) in [6.07, 6.45) is 1.22. The monoisotopic (exact) mass is 568 g/mol. The summed E-state index contributed by atoms with van der Waals surface area (Å²) in [5.41, 5.74) is 0.467. The minimum Gasteiger partial charge on any atom is -0.496 e. The second kappa shape index (κ2) is 11.2. The summed E-state index contributed by atoms with van der Waals surface area (Å²) in [4.78, 5) is 33.0. The normalized spacial score (nSPS) is 14.4. The van der Waals surface area contributed by atoms with Crippen molar-refractivity contribution in [2.75, 3.05) is 45.2 Å². The van der Waals surface area contributed by atoms with Gasteiger partial charge in [-0.1, -0.05) is 29.9 Å². The topological polar surface area (TPSA) is 101 Å². The van der Waals surface area contributed by atoms with Crippen molar-refractivity contribution in [2.45, 2.75) is 19.8 Å². The average Bonchev–Trinajstić information content (AvgIpc) is 3.39. The molecule has 0 saturated carbocycles. The Bertz CT molecular complexity index is 1360. The highest BCUT2D eigenvalue weighted by molar-refractivity contribution is 7.15. The van der Waals surface area contributed by atoms with Gasteiger partial charge in [-0.2, -0.15) is 8.78 Å². The Kier molecular flexibility index (Phi) is 8.19. The number of aromatic nitrogens is 3. The van der Waals surface area contributed by atoms with E-state index in [-0.39, 0.29) is 45.7 Å². The number of aryl methyl sites for hydroxylation is 1. The molecule has 0 bridgehead atoms. The number of rotatable bonds is 7. The quantitative estimate of drug-likeness (QED) is 0.455. The van der Waals surface area contributed by atoms with Crippen LogP contribution in [0.1, 0.15) is 28.0 Å². The number of pyridine rings is 1. The standard InChI is InChI=1S/C24H24ClF3N6O3S/c1-4-33-7-9-34(10-8-33)22(36)24(27,28)21-31-32-23(38-21)30-20(35)15-12-29-13(2)11-14(15)18-17(37-3)6-5-16(25)19(18)26/h5-6,11-12H,4,7-10H2,1-3H3,(H,30,32,35). The summed E-state index contributed by atoms with van der Waals surface area (Å²) in [6, 6.07) is 4.25. The molecular weight excluding hydrogens is 545 g/mol. The smallest absolute Gasteiger partial charge is 0.377 e. The van der Waals surface area contributed by atoms with Crippen molar-refractivity contribution in [3.8, 4) is 16.9 Å². The minimum absolute atomic E-state index is 0.0612. The Labute approximate surface area is 225 Å². The average molecular weight is 569 g/mol. The lowest BCUT2D eigenvalue weighted by Gasteiger charge is -2.35. The van der Waals surface area contributed by atoms with Crippen molar-refractivity contribution in [3.63, 3.8) is 0 Å². The van der Waals surface area contributed by atoms with Crippen LogP contribution < -0.4 is 10.1 Å². The zero-order valence-corrected chi connectivity index (χ0v) is 22.3. The fourth-order valence-electron chi connectivity index (χ4n) is 4.02. The maximum Gasteiger partial charge on any atom is 0.377 e. The number of nitrogens with zero attached hydrogens (tertiary/aromatic N) is 5. The Morgan fingerprint density at radius 2 is 1.92 bits per heavy atom. The van der Waals surface area contributed by atoms with Crippen molar-refractivity contribution >= 4 is 39.9 Å². The number of alkyl halides is 2. The molecule has 1 N–H and O–H groups in total. The van der Waals surface area contributed by atoms with E-state index in [2.05, 4.69) is 25.4 Å². The van der Waals surface area contributed by atoms with Gasteiger partial charge in [0.25, 0.3) is 5.91 Å². The van der Waals surface area contributed by atoms with Crippen molar-refractivity contribution in [3.05, 3.63) is 51.5 Å². The van der Waals surface area contributed by atoms with Crippen LogP contribution in [-0.4, -0.2) is 76.6 Å². The second-order valence-corrected chi connectivity index (χ2v) is 9.86. The number of hydrogen-bond donors (Lipinski definition) is 1. The van der Waals surface area contributed by atoms with Crippen molar-refractivity contribution in [2.24, 2.45) is 0 Å². The lowest BCUT2D eigenvalue weighted by molar-refractivity contribution is -0.160. The first-order chi connectivity index (χ1) is 18.1. The number of hydrogen-bond acceptors (Lipinski definition) is 8. The van der Waals surface area contributed by atoms with Crippen LogP contribution in [0.25, 0.3) is 11.1 Å². The Hall–Kier alpha value is -3.29. The molecule has 14 heteroatoms. The first-order valence-corrected chi connectivity index (χ1v) is 12.8. The molecule has 9 nitrogen and oxygen atoms in total. The van der Waals surface area contributed by atoms with Crippen LogP contribution in [0.4, 0.5) is 18.3 Å². The Morgan fingerprint density at radius 3 is 2.58 bits per heavy atom. The fraction of sp³-hybridized carbons (Fsp3) is 0.375. The maximum absolute atomic E-state index is 15.0. The predicted molar refractivity (Wildman–Crippen MR) is 136 cm³/mol. The molecule has 0 radical (unpaired) electrons. The SMILES string of the molecule is CCN1CCN(C(=O)C(F)(F)c2nnc(NC(=O)c3cnc(C)cc3-c3c(OC)ccc(Cl)c3F)s2)CC1. The molecule has 2 aromatic heterocycles. The van der Waals surface area contributed by atoms with Gasteiger partial charge < -0.3 is 14.5 Å². The van der Waals surface area contributed by atoms with Gasteiger partial charge >= 0.3 is 11.8 Å². The van der Waals surface area contributed by atoms with Crippen LogP contribution >= 0.6 is 22.9 Å². The van der Waals surface area contributed by atoms with Crippen LogP contribution in [-0.2, 0) is 10.7 Å². The van der Waals surface area contributed by atoms with Gasteiger partial charge in [-0.15, -0.1) is 10.2 Å². The fourth-order valence-corrected chi connectivity index (χ4v) is 4.89. The summed E-state index contributed by atoms with van der Waals surface area (Å²) in [7, 11) is 1.34. The highest BCUT2D eigenvalue weighted by Crippen LogP contribution is 2.39. The van der Waals surface area contributed by atoms with E-state index in [0.717, 1.165) is 11.4 Å². The maximum atomic E-state index is 15.0. The molecule has 202 valence electrons. The van der Waals surface area contributed by atoms with E-state index in [9.17, 15) is 18.4 Å². The van der Waals surface area contributed by atoms with Gasteiger partial charge in [0.05, 0.1) is 23.3 Å². The van der Waals surface area contributed by atoms with Gasteiger partial charge in [0.15, 0.2) is 10.8 Å². The molecule has 38 heavy (non-hydrogen) atoms. The third kappa shape index (κ3) is 5.45. The minimum atomic E-state index is -3.91. The van der Waals surface area contributed by atoms with Gasteiger partial charge in [0, 0.05) is 43.6 Å². The van der Waals surface area contributed by atoms with Gasteiger partial charge in [0.1, 0.15) is 5.75 Å². The number of methoxy groups -OCH3 is 1. The number of piperazine rings is 1. The molecule has 0 atom stereocenters. The van der Waals surface area contributed by atoms with E-state index in [0.29, 0.717) is 30.1 Å². The summed E-state index contributed by atoms with van der Waals surface area (Å²) < 4.78 is 50.3. The summed E-state index contributed by atoms with van der Waals surface area (Å²) in [6.45, 7) is 5.74. The van der Waals surface area contributed by atoms with Gasteiger partial charge in [-0.3, -0.25) is 19.9 Å². The molecule has 1 aliphatic heterocycles. The molecule has 1 aromatic carbocycles. The number of anilines is 1. The molecule has 0 unspecified atom stereocenters. The van der Waals surface area contributed by atoms with Crippen molar-refractivity contribution in [1.82, 2.24) is 25.0 Å².